The third kappa shape index (κ3) is 1.98. The van der Waals surface area contributed by atoms with Gasteiger partial charge in [0.05, 0.1) is 25.0 Å². The Balaban J connectivity index is 2.19. The topological polar surface area (TPSA) is 65.3 Å². The van der Waals surface area contributed by atoms with E-state index in [1.165, 1.54) is 0 Å². The zero-order valence-electron chi connectivity index (χ0n) is 10.7. The molecule has 0 aliphatic carbocycles. The fraction of sp³-hybridized carbons (Fsp3) is 1.00. The van der Waals surface area contributed by atoms with Crippen LogP contribution < -0.4 is 21.8 Å². The van der Waals surface area contributed by atoms with E-state index in [1.54, 1.807) is 0 Å². The molecule has 0 aromatic rings. The van der Waals surface area contributed by atoms with Gasteiger partial charge in [-0.15, -0.1) is 0 Å². The van der Waals surface area contributed by atoms with Crippen molar-refractivity contribution in [2.24, 2.45) is 17.6 Å². The molecule has 2 rings (SSSR count). The minimum absolute atomic E-state index is 0.0462. The van der Waals surface area contributed by atoms with E-state index >= 15 is 0 Å². The minimum Gasteiger partial charge on any atom is -0.314 e. The molecule has 5 N–H and O–H groups in total. The largest absolute Gasteiger partial charge is 0.314 e. The van der Waals surface area contributed by atoms with Gasteiger partial charge in [-0.05, 0) is 11.8 Å². The maximum absolute atomic E-state index is 6.18. The van der Waals surface area contributed by atoms with Crippen molar-refractivity contribution in [2.75, 3.05) is 6.67 Å². The van der Waals surface area contributed by atoms with E-state index in [1.807, 2.05) is 0 Å². The third-order valence-corrected chi connectivity index (χ3v) is 3.67. The Morgan fingerprint density at radius 2 is 1.88 bits per heavy atom. The molecule has 2 fully saturated rings. The highest BCUT2D eigenvalue weighted by molar-refractivity contribution is 5.02. The SMILES string of the molecule is CC(C)C1NC(C(C)C)N2NCNC(N)C12. The average molecular weight is 227 g/mol. The van der Waals surface area contributed by atoms with E-state index in [0.29, 0.717) is 30.1 Å². The molecule has 0 spiro atoms. The highest BCUT2D eigenvalue weighted by atomic mass is 15.7. The second kappa shape index (κ2) is 4.58. The number of nitrogens with one attached hydrogen (secondary N) is 3. The molecule has 2 aliphatic heterocycles. The Bertz CT molecular complexity index is 243. The number of hydrogen-bond acceptors (Lipinski definition) is 5. The molecule has 2 heterocycles. The van der Waals surface area contributed by atoms with E-state index < -0.39 is 0 Å². The van der Waals surface area contributed by atoms with E-state index in [9.17, 15) is 0 Å². The van der Waals surface area contributed by atoms with Crippen LogP contribution >= 0.6 is 0 Å². The molecule has 2 aliphatic rings. The van der Waals surface area contributed by atoms with Gasteiger partial charge in [-0.3, -0.25) is 10.6 Å². The van der Waals surface area contributed by atoms with Gasteiger partial charge >= 0.3 is 0 Å². The van der Waals surface area contributed by atoms with Gasteiger partial charge < -0.3 is 5.73 Å². The van der Waals surface area contributed by atoms with Crippen LogP contribution in [0.25, 0.3) is 0 Å². The van der Waals surface area contributed by atoms with Crippen molar-refractivity contribution in [1.29, 1.82) is 0 Å². The van der Waals surface area contributed by atoms with E-state index in [0.717, 1.165) is 6.67 Å². The first kappa shape index (κ1) is 12.3. The predicted molar refractivity (Wildman–Crippen MR) is 65.1 cm³/mol. The summed E-state index contributed by atoms with van der Waals surface area (Å²) in [5.74, 6) is 1.16. The number of nitrogens with zero attached hydrogens (tertiary/aromatic N) is 1. The quantitative estimate of drug-likeness (QED) is 0.518. The zero-order valence-corrected chi connectivity index (χ0v) is 10.7. The fourth-order valence-corrected chi connectivity index (χ4v) is 2.81. The van der Waals surface area contributed by atoms with E-state index in [4.69, 9.17) is 5.73 Å². The molecule has 2 saturated heterocycles. The maximum atomic E-state index is 6.18. The van der Waals surface area contributed by atoms with Crippen molar-refractivity contribution >= 4 is 0 Å². The van der Waals surface area contributed by atoms with E-state index in [2.05, 4.69) is 48.8 Å². The van der Waals surface area contributed by atoms with Gasteiger partial charge in [-0.25, -0.2) is 10.4 Å². The molecule has 0 aromatic heterocycles. The van der Waals surface area contributed by atoms with Crippen molar-refractivity contribution in [2.45, 2.75) is 52.1 Å². The summed E-state index contributed by atoms with van der Waals surface area (Å²) >= 11 is 0. The molecule has 0 radical (unpaired) electrons. The monoisotopic (exact) mass is 227 g/mol. The maximum Gasteiger partial charge on any atom is 0.0764 e. The smallest absolute Gasteiger partial charge is 0.0764 e. The number of rotatable bonds is 2. The third-order valence-electron chi connectivity index (χ3n) is 3.67. The summed E-state index contributed by atoms with van der Waals surface area (Å²) in [5.41, 5.74) is 9.59. The molecule has 0 saturated carbocycles. The first-order valence-corrected chi connectivity index (χ1v) is 6.29. The summed E-state index contributed by atoms with van der Waals surface area (Å²) < 4.78 is 0. The summed E-state index contributed by atoms with van der Waals surface area (Å²) in [5, 5.41) is 9.30. The van der Waals surface area contributed by atoms with E-state index in [-0.39, 0.29) is 6.17 Å². The van der Waals surface area contributed by atoms with Crippen molar-refractivity contribution in [3.63, 3.8) is 0 Å². The predicted octanol–water partition coefficient (Wildman–Crippen LogP) is -0.383. The highest BCUT2D eigenvalue weighted by Crippen LogP contribution is 2.26. The molecule has 5 nitrogen and oxygen atoms in total. The Hall–Kier alpha value is -0.200. The second-order valence-corrected chi connectivity index (χ2v) is 5.59. The normalized spacial score (nSPS) is 40.7. The summed E-state index contributed by atoms with van der Waals surface area (Å²) in [4.78, 5) is 0. The van der Waals surface area contributed by atoms with Crippen LogP contribution in [0.2, 0.25) is 0 Å². The Morgan fingerprint density at radius 3 is 2.44 bits per heavy atom. The van der Waals surface area contributed by atoms with Gasteiger partial charge in [0.15, 0.2) is 0 Å². The minimum atomic E-state index is 0.0462. The molecular weight excluding hydrogens is 202 g/mol. The standard InChI is InChI=1S/C11H25N5/c1-6(2)8-9-10(12)13-5-14-16(9)11(15-8)7(3)4/h6-11,13-15H,5,12H2,1-4H3. The zero-order chi connectivity index (χ0) is 11.9. The molecule has 5 heteroatoms. The van der Waals surface area contributed by atoms with Crippen LogP contribution in [0.15, 0.2) is 0 Å². The molecule has 94 valence electrons. The molecule has 0 amide bonds. The van der Waals surface area contributed by atoms with Crippen LogP contribution in [-0.4, -0.2) is 36.1 Å². The Morgan fingerprint density at radius 1 is 1.19 bits per heavy atom. The van der Waals surface area contributed by atoms with Crippen LogP contribution in [0.1, 0.15) is 27.7 Å². The van der Waals surface area contributed by atoms with Gasteiger partial charge in [0, 0.05) is 6.04 Å². The summed E-state index contributed by atoms with van der Waals surface area (Å²) in [7, 11) is 0. The highest BCUT2D eigenvalue weighted by Gasteiger charge is 2.47. The number of hydrogen-bond donors (Lipinski definition) is 4. The summed E-state index contributed by atoms with van der Waals surface area (Å²) in [6.07, 6.45) is 0.426. The summed E-state index contributed by atoms with van der Waals surface area (Å²) in [6, 6.07) is 0.781. The average Bonchev–Trinajstić information content (AvgIpc) is 2.58. The van der Waals surface area contributed by atoms with Crippen LogP contribution in [0.5, 0.6) is 0 Å². The second-order valence-electron chi connectivity index (χ2n) is 5.59. The van der Waals surface area contributed by atoms with Crippen molar-refractivity contribution in [1.82, 2.24) is 21.1 Å². The molecule has 4 atom stereocenters. The molecular formula is C11H25N5. The molecule has 16 heavy (non-hydrogen) atoms. The number of nitrogens with two attached hydrogens (primary N) is 1. The van der Waals surface area contributed by atoms with Crippen molar-refractivity contribution < 1.29 is 0 Å². The van der Waals surface area contributed by atoms with Crippen LogP contribution in [0.3, 0.4) is 0 Å². The van der Waals surface area contributed by atoms with Gasteiger partial charge in [0.2, 0.25) is 0 Å². The van der Waals surface area contributed by atoms with Gasteiger partial charge in [-0.1, -0.05) is 27.7 Å². The van der Waals surface area contributed by atoms with Crippen molar-refractivity contribution in [3.05, 3.63) is 0 Å². The fourth-order valence-electron chi connectivity index (χ4n) is 2.81. The van der Waals surface area contributed by atoms with Crippen LogP contribution in [0.4, 0.5) is 0 Å². The Labute approximate surface area is 98.1 Å². The lowest BCUT2D eigenvalue weighted by Gasteiger charge is -2.40. The van der Waals surface area contributed by atoms with Crippen LogP contribution in [0, 0.1) is 11.8 Å². The van der Waals surface area contributed by atoms with Crippen molar-refractivity contribution in [3.8, 4) is 0 Å². The number of hydrazine groups is 1. The summed E-state index contributed by atoms with van der Waals surface area (Å²) in [6.45, 7) is 9.74. The van der Waals surface area contributed by atoms with Crippen LogP contribution in [-0.2, 0) is 0 Å². The van der Waals surface area contributed by atoms with Gasteiger partial charge in [0.25, 0.3) is 0 Å². The lowest BCUT2D eigenvalue weighted by molar-refractivity contribution is 0.0286. The molecule has 0 bridgehead atoms. The lowest BCUT2D eigenvalue weighted by atomic mass is 9.95. The Kier molecular flexibility index (Phi) is 3.51. The number of fused-ring (bicyclic) bond motifs is 1. The first-order valence-electron chi connectivity index (χ1n) is 6.29. The van der Waals surface area contributed by atoms with Gasteiger partial charge in [-0.2, -0.15) is 0 Å². The lowest BCUT2D eigenvalue weighted by Crippen LogP contribution is -2.68. The molecule has 4 unspecified atom stereocenters. The molecule has 0 aromatic carbocycles. The van der Waals surface area contributed by atoms with Gasteiger partial charge in [0.1, 0.15) is 0 Å². The first-order chi connectivity index (χ1) is 7.52.